The normalized spacial score (nSPS) is 10.3. The summed E-state index contributed by atoms with van der Waals surface area (Å²) < 4.78 is 5.23. The molecule has 0 unspecified atom stereocenters. The number of hydrogen-bond acceptors (Lipinski definition) is 5. The van der Waals surface area contributed by atoms with Gasteiger partial charge in [0.05, 0.1) is 12.8 Å². The quantitative estimate of drug-likeness (QED) is 0.742. The van der Waals surface area contributed by atoms with Crippen LogP contribution >= 0.6 is 11.6 Å². The second kappa shape index (κ2) is 8.49. The summed E-state index contributed by atoms with van der Waals surface area (Å²) in [5.74, 6) is 0.631. The number of hydrogen-bond donors (Lipinski definition) is 2. The summed E-state index contributed by atoms with van der Waals surface area (Å²) in [5.41, 5.74) is 1.49. The maximum Gasteiger partial charge on any atom is 0.274 e. The van der Waals surface area contributed by atoms with E-state index >= 15 is 0 Å². The molecule has 128 valence electrons. The van der Waals surface area contributed by atoms with Gasteiger partial charge in [0, 0.05) is 17.3 Å². The second-order valence-electron chi connectivity index (χ2n) is 5.30. The van der Waals surface area contributed by atoms with Gasteiger partial charge in [0.25, 0.3) is 5.91 Å². The van der Waals surface area contributed by atoms with E-state index in [0.717, 1.165) is 19.4 Å². The lowest BCUT2D eigenvalue weighted by atomic mass is 10.2. The van der Waals surface area contributed by atoms with Crippen molar-refractivity contribution in [1.82, 2.24) is 9.97 Å². The van der Waals surface area contributed by atoms with E-state index in [1.165, 1.54) is 7.11 Å². The Morgan fingerprint density at radius 3 is 2.79 bits per heavy atom. The number of nitrogens with zero attached hydrogens (tertiary/aromatic N) is 2. The minimum Gasteiger partial charge on any atom is -0.495 e. The van der Waals surface area contributed by atoms with Crippen LogP contribution in [0.3, 0.4) is 0 Å². The number of carbonyl (C=O) groups excluding carboxylic acids is 1. The van der Waals surface area contributed by atoms with Crippen LogP contribution in [0.2, 0.25) is 5.02 Å². The maximum absolute atomic E-state index is 12.5. The van der Waals surface area contributed by atoms with E-state index in [1.54, 1.807) is 24.3 Å². The average molecular weight is 349 g/mol. The molecule has 1 aromatic heterocycles. The van der Waals surface area contributed by atoms with Gasteiger partial charge in [-0.1, -0.05) is 24.9 Å². The Morgan fingerprint density at radius 2 is 2.08 bits per heavy atom. The van der Waals surface area contributed by atoms with Gasteiger partial charge in [0.2, 0.25) is 5.95 Å². The first-order chi connectivity index (χ1) is 11.5. The standard InChI is InChI=1S/C17H21ClN4O2/c1-4-5-8-19-17-20-11(2)9-14(22-17)16(23)21-13-10-12(18)6-7-15(13)24-3/h6-7,9-10H,4-5,8H2,1-3H3,(H,21,23)(H,19,20,22). The molecule has 0 radical (unpaired) electrons. The Labute approximate surface area is 146 Å². The van der Waals surface area contributed by atoms with Gasteiger partial charge in [-0.05, 0) is 37.6 Å². The number of anilines is 2. The molecule has 1 heterocycles. The first kappa shape index (κ1) is 18.0. The van der Waals surface area contributed by atoms with Crippen LogP contribution in [-0.4, -0.2) is 29.5 Å². The van der Waals surface area contributed by atoms with Gasteiger partial charge in [-0.2, -0.15) is 0 Å². The van der Waals surface area contributed by atoms with Gasteiger partial charge in [0.1, 0.15) is 11.4 Å². The molecule has 0 aliphatic heterocycles. The lowest BCUT2D eigenvalue weighted by Crippen LogP contribution is -2.17. The molecule has 24 heavy (non-hydrogen) atoms. The molecule has 2 aromatic rings. The van der Waals surface area contributed by atoms with Crippen molar-refractivity contribution in [2.45, 2.75) is 26.7 Å². The maximum atomic E-state index is 12.5. The van der Waals surface area contributed by atoms with Gasteiger partial charge in [-0.3, -0.25) is 4.79 Å². The van der Waals surface area contributed by atoms with Crippen molar-refractivity contribution in [2.24, 2.45) is 0 Å². The van der Waals surface area contributed by atoms with E-state index < -0.39 is 0 Å². The van der Waals surface area contributed by atoms with Crippen molar-refractivity contribution in [3.05, 3.63) is 40.7 Å². The Morgan fingerprint density at radius 1 is 1.29 bits per heavy atom. The van der Waals surface area contributed by atoms with Crippen LogP contribution in [0.15, 0.2) is 24.3 Å². The number of nitrogens with one attached hydrogen (secondary N) is 2. The van der Waals surface area contributed by atoms with Crippen LogP contribution in [0.5, 0.6) is 5.75 Å². The molecule has 0 aliphatic rings. The summed E-state index contributed by atoms with van der Waals surface area (Å²) in [6, 6.07) is 6.66. The number of rotatable bonds is 7. The third kappa shape index (κ3) is 4.83. The van der Waals surface area contributed by atoms with Crippen LogP contribution in [0.4, 0.5) is 11.6 Å². The Bertz CT molecular complexity index is 722. The van der Waals surface area contributed by atoms with Crippen LogP contribution in [0.1, 0.15) is 35.9 Å². The van der Waals surface area contributed by atoms with Gasteiger partial charge >= 0.3 is 0 Å². The summed E-state index contributed by atoms with van der Waals surface area (Å²) in [4.78, 5) is 21.1. The predicted molar refractivity (Wildman–Crippen MR) is 96.1 cm³/mol. The lowest BCUT2D eigenvalue weighted by Gasteiger charge is -2.11. The second-order valence-corrected chi connectivity index (χ2v) is 5.73. The number of methoxy groups -OCH3 is 1. The Balaban J connectivity index is 2.19. The molecule has 0 saturated heterocycles. The highest BCUT2D eigenvalue weighted by atomic mass is 35.5. The number of amides is 1. The van der Waals surface area contributed by atoms with Gasteiger partial charge in [-0.25, -0.2) is 9.97 Å². The molecular weight excluding hydrogens is 328 g/mol. The monoisotopic (exact) mass is 348 g/mol. The highest BCUT2D eigenvalue weighted by Gasteiger charge is 2.13. The van der Waals surface area contributed by atoms with Gasteiger partial charge in [0.15, 0.2) is 0 Å². The number of aryl methyl sites for hydroxylation is 1. The fourth-order valence-electron chi connectivity index (χ4n) is 2.11. The summed E-state index contributed by atoms with van der Waals surface area (Å²) in [5, 5.41) is 6.41. The predicted octanol–water partition coefficient (Wildman–Crippen LogP) is 3.91. The summed E-state index contributed by atoms with van der Waals surface area (Å²) >= 11 is 5.98. The van der Waals surface area contributed by atoms with E-state index in [9.17, 15) is 4.79 Å². The molecule has 0 bridgehead atoms. The topological polar surface area (TPSA) is 76.1 Å². The van der Waals surface area contributed by atoms with E-state index in [4.69, 9.17) is 16.3 Å². The van der Waals surface area contributed by atoms with Gasteiger partial charge < -0.3 is 15.4 Å². The Hall–Kier alpha value is -2.34. The first-order valence-corrected chi connectivity index (χ1v) is 8.15. The van der Waals surface area contributed by atoms with Crippen molar-refractivity contribution in [3.63, 3.8) is 0 Å². The number of benzene rings is 1. The van der Waals surface area contributed by atoms with E-state index in [1.807, 2.05) is 6.92 Å². The van der Waals surface area contributed by atoms with Crippen LogP contribution < -0.4 is 15.4 Å². The van der Waals surface area contributed by atoms with Crippen molar-refractivity contribution in [2.75, 3.05) is 24.3 Å². The van der Waals surface area contributed by atoms with Gasteiger partial charge in [-0.15, -0.1) is 0 Å². The average Bonchev–Trinajstić information content (AvgIpc) is 2.55. The van der Waals surface area contributed by atoms with Crippen molar-refractivity contribution in [3.8, 4) is 5.75 Å². The molecule has 7 heteroatoms. The van der Waals surface area contributed by atoms with E-state index in [-0.39, 0.29) is 11.6 Å². The molecular formula is C17H21ClN4O2. The molecule has 0 spiro atoms. The van der Waals surface area contributed by atoms with Crippen LogP contribution in [0.25, 0.3) is 0 Å². The number of halogens is 1. The number of carbonyl (C=O) groups is 1. The molecule has 2 N–H and O–H groups in total. The van der Waals surface area contributed by atoms with Crippen molar-refractivity contribution in [1.29, 1.82) is 0 Å². The first-order valence-electron chi connectivity index (χ1n) is 7.78. The largest absolute Gasteiger partial charge is 0.495 e. The SMILES string of the molecule is CCCCNc1nc(C)cc(C(=O)Nc2cc(Cl)ccc2OC)n1. The van der Waals surface area contributed by atoms with E-state index in [2.05, 4.69) is 27.5 Å². The highest BCUT2D eigenvalue weighted by molar-refractivity contribution is 6.31. The molecule has 1 aromatic carbocycles. The minimum absolute atomic E-state index is 0.281. The number of ether oxygens (including phenoxy) is 1. The molecule has 0 fully saturated rings. The molecule has 0 atom stereocenters. The lowest BCUT2D eigenvalue weighted by molar-refractivity contribution is 0.102. The summed E-state index contributed by atoms with van der Waals surface area (Å²) in [7, 11) is 1.53. The van der Waals surface area contributed by atoms with Crippen LogP contribution in [-0.2, 0) is 0 Å². The zero-order valence-corrected chi connectivity index (χ0v) is 14.8. The van der Waals surface area contributed by atoms with Crippen LogP contribution in [0, 0.1) is 6.92 Å². The fourth-order valence-corrected chi connectivity index (χ4v) is 2.28. The zero-order chi connectivity index (χ0) is 17.5. The molecule has 0 aliphatic carbocycles. The van der Waals surface area contributed by atoms with E-state index in [0.29, 0.717) is 28.1 Å². The summed E-state index contributed by atoms with van der Waals surface area (Å²) in [6.45, 7) is 4.70. The third-order valence-corrected chi connectivity index (χ3v) is 3.55. The smallest absolute Gasteiger partial charge is 0.274 e. The Kier molecular flexibility index (Phi) is 6.37. The fraction of sp³-hybridized carbons (Fsp3) is 0.353. The number of unbranched alkanes of at least 4 members (excludes halogenated alkanes) is 1. The number of aromatic nitrogens is 2. The third-order valence-electron chi connectivity index (χ3n) is 3.31. The highest BCUT2D eigenvalue weighted by Crippen LogP contribution is 2.28. The summed E-state index contributed by atoms with van der Waals surface area (Å²) in [6.07, 6.45) is 2.08. The molecule has 2 rings (SSSR count). The molecule has 0 saturated carbocycles. The van der Waals surface area contributed by atoms with Crippen molar-refractivity contribution >= 4 is 29.1 Å². The minimum atomic E-state index is -0.348. The molecule has 6 nitrogen and oxygen atoms in total. The zero-order valence-electron chi connectivity index (χ0n) is 14.0. The van der Waals surface area contributed by atoms with Crippen molar-refractivity contribution < 1.29 is 9.53 Å². The molecule has 1 amide bonds.